The van der Waals surface area contributed by atoms with Gasteiger partial charge in [-0.25, -0.2) is 0 Å². The second-order valence-electron chi connectivity index (χ2n) is 4.46. The second kappa shape index (κ2) is 8.49. The zero-order chi connectivity index (χ0) is 16.7. The van der Waals surface area contributed by atoms with E-state index in [9.17, 15) is 25.9 Å². The SMILES string of the molecule is Nc1ccc(-c2ccc(N)cc2S(=O)(=O)O)c(S(=O)(=O)O)c1.[NaH].[NaH]. The van der Waals surface area contributed by atoms with Crippen LogP contribution in [0.25, 0.3) is 11.1 Å². The Balaban J connectivity index is 0.00000264. The third-order valence-corrected chi connectivity index (χ3v) is 4.64. The van der Waals surface area contributed by atoms with Crippen molar-refractivity contribution in [3.05, 3.63) is 36.4 Å². The van der Waals surface area contributed by atoms with Crippen molar-refractivity contribution in [3.63, 3.8) is 0 Å². The Kier molecular flexibility index (Phi) is 8.45. The van der Waals surface area contributed by atoms with Gasteiger partial charge in [-0.05, 0) is 24.3 Å². The van der Waals surface area contributed by atoms with Crippen LogP contribution in [0.4, 0.5) is 11.4 Å². The first-order valence-electron chi connectivity index (χ1n) is 5.74. The first-order valence-corrected chi connectivity index (χ1v) is 8.62. The van der Waals surface area contributed by atoms with E-state index in [-0.39, 0.29) is 81.6 Å². The van der Waals surface area contributed by atoms with E-state index in [1.54, 1.807) is 0 Å². The van der Waals surface area contributed by atoms with Crippen molar-refractivity contribution in [2.75, 3.05) is 11.5 Å². The summed E-state index contributed by atoms with van der Waals surface area (Å²) < 4.78 is 64.4. The Morgan fingerprint density at radius 1 is 0.667 bits per heavy atom. The number of anilines is 2. The van der Waals surface area contributed by atoms with Gasteiger partial charge in [0.2, 0.25) is 0 Å². The summed E-state index contributed by atoms with van der Waals surface area (Å²) in [5, 5.41) is 0. The van der Waals surface area contributed by atoms with Crippen LogP contribution in [0.1, 0.15) is 0 Å². The van der Waals surface area contributed by atoms with E-state index >= 15 is 0 Å². The van der Waals surface area contributed by atoms with Crippen molar-refractivity contribution in [1.82, 2.24) is 0 Å². The third-order valence-electron chi connectivity index (χ3n) is 2.86. The number of nitrogen functional groups attached to an aromatic ring is 2. The van der Waals surface area contributed by atoms with Crippen LogP contribution >= 0.6 is 0 Å². The fraction of sp³-hybridized carbons (Fsp3) is 0. The molecule has 0 aromatic heterocycles. The fourth-order valence-corrected chi connectivity index (χ4v) is 3.43. The summed E-state index contributed by atoms with van der Waals surface area (Å²) in [5.41, 5.74) is 10.8. The van der Waals surface area contributed by atoms with Gasteiger partial charge in [-0.15, -0.1) is 0 Å². The molecule has 12 heteroatoms. The second-order valence-corrected chi connectivity index (χ2v) is 7.24. The molecule has 2 rings (SSSR count). The molecule has 0 aliphatic rings. The molecule has 6 N–H and O–H groups in total. The Bertz CT molecular complexity index is 882. The predicted molar refractivity (Wildman–Crippen MR) is 94.6 cm³/mol. The molecule has 0 atom stereocenters. The van der Waals surface area contributed by atoms with Crippen LogP contribution < -0.4 is 11.5 Å². The van der Waals surface area contributed by atoms with Crippen molar-refractivity contribution >= 4 is 90.7 Å². The molecule has 0 saturated carbocycles. The van der Waals surface area contributed by atoms with Crippen molar-refractivity contribution in [2.45, 2.75) is 9.79 Å². The van der Waals surface area contributed by atoms with Gasteiger partial charge in [-0.3, -0.25) is 9.11 Å². The molecule has 0 spiro atoms. The van der Waals surface area contributed by atoms with Crippen molar-refractivity contribution < 1.29 is 25.9 Å². The average Bonchev–Trinajstić information content (AvgIpc) is 2.37. The Hall–Kier alpha value is -0.140. The molecule has 122 valence electrons. The summed E-state index contributed by atoms with van der Waals surface area (Å²) in [6.45, 7) is 0. The zero-order valence-electron chi connectivity index (χ0n) is 11.0. The maximum atomic E-state index is 11.5. The molecule has 0 unspecified atom stereocenters. The molecule has 0 bridgehead atoms. The van der Waals surface area contributed by atoms with E-state index < -0.39 is 30.0 Å². The van der Waals surface area contributed by atoms with Gasteiger partial charge in [-0.2, -0.15) is 16.8 Å². The minimum atomic E-state index is -4.66. The third kappa shape index (κ3) is 5.43. The Morgan fingerprint density at radius 3 is 1.21 bits per heavy atom. The summed E-state index contributed by atoms with van der Waals surface area (Å²) in [5.74, 6) is 0. The molecule has 2 aromatic carbocycles. The average molecular weight is 392 g/mol. The van der Waals surface area contributed by atoms with Gasteiger partial charge >= 0.3 is 59.1 Å². The van der Waals surface area contributed by atoms with Crippen LogP contribution in [0.3, 0.4) is 0 Å². The standard InChI is InChI=1S/C12H12N2O6S2.2Na.2H/c13-7-1-3-9(11(5-7)21(15,16)17)10-4-2-8(14)6-12(10)22(18,19)20;;;;/h1-6H,13-14H2,(H,15,16,17)(H,18,19,20);;;;. The summed E-state index contributed by atoms with van der Waals surface area (Å²) in [6, 6.07) is 7.06. The van der Waals surface area contributed by atoms with Gasteiger partial charge in [0.15, 0.2) is 0 Å². The number of hydrogen-bond acceptors (Lipinski definition) is 6. The first-order chi connectivity index (χ1) is 10.00. The molecular formula is C12H14N2Na2O6S2. The van der Waals surface area contributed by atoms with Crippen molar-refractivity contribution in [2.24, 2.45) is 0 Å². The zero-order valence-corrected chi connectivity index (χ0v) is 12.6. The van der Waals surface area contributed by atoms with Gasteiger partial charge in [0.25, 0.3) is 20.2 Å². The molecule has 0 heterocycles. The number of hydrogen-bond donors (Lipinski definition) is 4. The van der Waals surface area contributed by atoms with E-state index in [2.05, 4.69) is 0 Å². The van der Waals surface area contributed by atoms with Gasteiger partial charge in [0, 0.05) is 22.5 Å². The van der Waals surface area contributed by atoms with E-state index in [1.165, 1.54) is 24.3 Å². The van der Waals surface area contributed by atoms with Gasteiger partial charge in [-0.1, -0.05) is 12.1 Å². The first kappa shape index (κ1) is 23.9. The Morgan fingerprint density at radius 2 is 0.958 bits per heavy atom. The van der Waals surface area contributed by atoms with E-state index in [1.807, 2.05) is 0 Å². The topological polar surface area (TPSA) is 161 Å². The molecule has 0 saturated heterocycles. The van der Waals surface area contributed by atoms with Gasteiger partial charge in [0.05, 0.1) is 0 Å². The number of nitrogens with two attached hydrogens (primary N) is 2. The molecule has 0 fully saturated rings. The van der Waals surface area contributed by atoms with E-state index in [4.69, 9.17) is 11.5 Å². The van der Waals surface area contributed by atoms with Crippen LogP contribution in [0, 0.1) is 0 Å². The van der Waals surface area contributed by atoms with E-state index in [0.29, 0.717) is 0 Å². The summed E-state index contributed by atoms with van der Waals surface area (Å²) in [6.07, 6.45) is 0. The molecule has 0 aliphatic carbocycles. The van der Waals surface area contributed by atoms with Crippen molar-refractivity contribution in [1.29, 1.82) is 0 Å². The molecule has 24 heavy (non-hydrogen) atoms. The number of benzene rings is 2. The summed E-state index contributed by atoms with van der Waals surface area (Å²) in [7, 11) is -9.33. The monoisotopic (exact) mass is 392 g/mol. The van der Waals surface area contributed by atoms with E-state index in [0.717, 1.165) is 12.1 Å². The molecule has 2 aromatic rings. The summed E-state index contributed by atoms with van der Waals surface area (Å²) in [4.78, 5) is -1.16. The molecular weight excluding hydrogens is 378 g/mol. The molecule has 0 radical (unpaired) electrons. The molecule has 0 amide bonds. The summed E-state index contributed by atoms with van der Waals surface area (Å²) >= 11 is 0. The molecule has 0 aliphatic heterocycles. The molecule has 8 nitrogen and oxygen atoms in total. The van der Waals surface area contributed by atoms with Crippen LogP contribution in [0.15, 0.2) is 46.2 Å². The van der Waals surface area contributed by atoms with Crippen molar-refractivity contribution in [3.8, 4) is 11.1 Å². The number of rotatable bonds is 3. The van der Waals surface area contributed by atoms with Gasteiger partial charge < -0.3 is 11.5 Å². The van der Waals surface area contributed by atoms with Gasteiger partial charge in [0.1, 0.15) is 9.79 Å². The minimum absolute atomic E-state index is 0. The quantitative estimate of drug-likeness (QED) is 0.315. The maximum absolute atomic E-state index is 11.5. The normalized spacial score (nSPS) is 11.2. The van der Waals surface area contributed by atoms with Crippen LogP contribution in [0.2, 0.25) is 0 Å². The fourth-order valence-electron chi connectivity index (χ4n) is 1.95. The van der Waals surface area contributed by atoms with Crippen LogP contribution in [-0.2, 0) is 20.2 Å². The Labute approximate surface area is 183 Å². The van der Waals surface area contributed by atoms with Crippen LogP contribution in [-0.4, -0.2) is 85.1 Å². The van der Waals surface area contributed by atoms with Crippen LogP contribution in [0.5, 0.6) is 0 Å². The predicted octanol–water partition coefficient (Wildman–Crippen LogP) is -0.286.